The van der Waals surface area contributed by atoms with Crippen LogP contribution in [0.4, 0.5) is 14.6 Å². The number of hydrogen-bond donors (Lipinski definition) is 3. The molecule has 0 amide bonds. The summed E-state index contributed by atoms with van der Waals surface area (Å²) in [6.07, 6.45) is -2.50. The number of nitrogen functional groups attached to an aromatic ring is 1. The molecule has 0 spiro atoms. The van der Waals surface area contributed by atoms with Gasteiger partial charge in [-0.3, -0.25) is 9.80 Å². The number of fused-ring (bicyclic) bond motifs is 1. The van der Waals surface area contributed by atoms with E-state index in [9.17, 15) is 19.0 Å². The fraction of sp³-hybridized carbons (Fsp3) is 0.700. The van der Waals surface area contributed by atoms with E-state index in [-0.39, 0.29) is 19.0 Å². The maximum absolute atomic E-state index is 13.6. The second-order valence-corrected chi connectivity index (χ2v) is 8.84. The van der Waals surface area contributed by atoms with Crippen LogP contribution in [0.15, 0.2) is 18.5 Å². The van der Waals surface area contributed by atoms with Crippen LogP contribution >= 0.6 is 0 Å². The van der Waals surface area contributed by atoms with Gasteiger partial charge >= 0.3 is 0 Å². The van der Waals surface area contributed by atoms with E-state index >= 15 is 0 Å². The minimum Gasteiger partial charge on any atom is -0.388 e. The van der Waals surface area contributed by atoms with Gasteiger partial charge in [-0.15, -0.1) is 0 Å². The highest BCUT2D eigenvalue weighted by Gasteiger charge is 2.46. The monoisotopic (exact) mass is 454 g/mol. The predicted octanol–water partition coefficient (Wildman–Crippen LogP) is -0.485. The molecule has 5 atom stereocenters. The molecule has 2 aromatic heterocycles. The van der Waals surface area contributed by atoms with Gasteiger partial charge in [0, 0.05) is 38.6 Å². The molecular weight excluding hydrogens is 426 g/mol. The van der Waals surface area contributed by atoms with Crippen molar-refractivity contribution < 1.29 is 28.5 Å². The lowest BCUT2D eigenvalue weighted by Crippen LogP contribution is -2.54. The van der Waals surface area contributed by atoms with E-state index in [0.29, 0.717) is 56.4 Å². The molecule has 3 aliphatic heterocycles. The number of alkyl halides is 2. The molecule has 3 aliphatic rings. The van der Waals surface area contributed by atoms with Crippen LogP contribution < -0.4 is 5.73 Å². The highest BCUT2D eigenvalue weighted by atomic mass is 19.3. The molecule has 0 saturated carbocycles. The number of nitrogens with two attached hydrogens (primary N) is 1. The third-order valence-corrected chi connectivity index (χ3v) is 6.65. The predicted molar refractivity (Wildman–Crippen MR) is 109 cm³/mol. The Labute approximate surface area is 183 Å². The summed E-state index contributed by atoms with van der Waals surface area (Å²) in [4.78, 5) is 7.81. The first-order valence-electron chi connectivity index (χ1n) is 10.8. The fourth-order valence-electron chi connectivity index (χ4n) is 4.92. The van der Waals surface area contributed by atoms with Crippen molar-refractivity contribution in [1.29, 1.82) is 0 Å². The Hall–Kier alpha value is -1.96. The van der Waals surface area contributed by atoms with Crippen LogP contribution in [-0.2, 0) is 9.47 Å². The standard InChI is InChI=1S/C20H28F2N6O4/c21-20(22)3-4-26(10-20)7-12-9-31-6-5-27(12)8-15-16(29)17(30)18(32-15)13-1-2-14-19(23)24-11-25-28(13)14/h1-2,11-12,15-18,29-30H,3-10H2,(H2,23,24,25)/t12-,15-,16-,17-,18+/m1/s1. The molecule has 10 nitrogen and oxygen atoms in total. The number of halogens is 2. The third-order valence-electron chi connectivity index (χ3n) is 6.65. The molecule has 5 heterocycles. The molecule has 32 heavy (non-hydrogen) atoms. The number of ether oxygens (including phenoxy) is 2. The van der Waals surface area contributed by atoms with Gasteiger partial charge in [0.2, 0.25) is 0 Å². The minimum absolute atomic E-state index is 0.0914. The Morgan fingerprint density at radius 1 is 1.19 bits per heavy atom. The van der Waals surface area contributed by atoms with Gasteiger partial charge < -0.3 is 25.4 Å². The first-order chi connectivity index (χ1) is 15.3. The van der Waals surface area contributed by atoms with Gasteiger partial charge in [-0.2, -0.15) is 5.10 Å². The Morgan fingerprint density at radius 3 is 2.81 bits per heavy atom. The molecule has 2 aromatic rings. The number of anilines is 1. The van der Waals surface area contributed by atoms with Gasteiger partial charge in [-0.05, 0) is 12.1 Å². The van der Waals surface area contributed by atoms with Crippen LogP contribution in [0.2, 0.25) is 0 Å². The second kappa shape index (κ2) is 8.43. The average molecular weight is 454 g/mol. The first-order valence-corrected chi connectivity index (χ1v) is 10.8. The zero-order valence-electron chi connectivity index (χ0n) is 17.6. The maximum atomic E-state index is 13.6. The van der Waals surface area contributed by atoms with Gasteiger partial charge in [-0.1, -0.05) is 0 Å². The number of morpholine rings is 1. The van der Waals surface area contributed by atoms with Crippen LogP contribution in [0, 0.1) is 0 Å². The van der Waals surface area contributed by atoms with Crippen LogP contribution in [-0.4, -0.2) is 111 Å². The zero-order chi connectivity index (χ0) is 22.5. The molecule has 3 saturated heterocycles. The number of nitrogens with zero attached hydrogens (tertiary/aromatic N) is 5. The number of aromatic nitrogens is 3. The van der Waals surface area contributed by atoms with E-state index < -0.39 is 30.3 Å². The summed E-state index contributed by atoms with van der Waals surface area (Å²) >= 11 is 0. The fourth-order valence-corrected chi connectivity index (χ4v) is 4.92. The van der Waals surface area contributed by atoms with Crippen molar-refractivity contribution in [3.05, 3.63) is 24.2 Å². The van der Waals surface area contributed by atoms with Gasteiger partial charge in [-0.25, -0.2) is 18.3 Å². The average Bonchev–Trinajstić information content (AvgIpc) is 3.42. The number of rotatable bonds is 5. The van der Waals surface area contributed by atoms with E-state index in [2.05, 4.69) is 15.0 Å². The molecular formula is C20H28F2N6O4. The Morgan fingerprint density at radius 2 is 2.03 bits per heavy atom. The number of hydrogen-bond acceptors (Lipinski definition) is 9. The van der Waals surface area contributed by atoms with Crippen LogP contribution in [0.3, 0.4) is 0 Å². The molecule has 3 fully saturated rings. The van der Waals surface area contributed by atoms with Gasteiger partial charge in [0.05, 0.1) is 31.6 Å². The largest absolute Gasteiger partial charge is 0.388 e. The third kappa shape index (κ3) is 4.06. The Kier molecular flexibility index (Phi) is 5.76. The molecule has 12 heteroatoms. The lowest BCUT2D eigenvalue weighted by molar-refractivity contribution is -0.0649. The lowest BCUT2D eigenvalue weighted by Gasteiger charge is -2.39. The molecule has 0 aromatic carbocycles. The quantitative estimate of drug-likeness (QED) is 0.550. The maximum Gasteiger partial charge on any atom is 0.261 e. The molecule has 5 rings (SSSR count). The summed E-state index contributed by atoms with van der Waals surface area (Å²) in [5.41, 5.74) is 7.05. The number of aliphatic hydroxyl groups is 2. The molecule has 0 radical (unpaired) electrons. The summed E-state index contributed by atoms with van der Waals surface area (Å²) in [5.74, 6) is -2.34. The topological polar surface area (TPSA) is 122 Å². The number of aliphatic hydroxyl groups excluding tert-OH is 2. The molecule has 0 bridgehead atoms. The van der Waals surface area contributed by atoms with Gasteiger partial charge in [0.25, 0.3) is 5.92 Å². The summed E-state index contributed by atoms with van der Waals surface area (Å²) in [5, 5.41) is 25.6. The SMILES string of the molecule is Nc1ncnn2c([C@@H]3O[C@H](CN4CCOC[C@H]4CN4CCC(F)(F)C4)[C@@H](O)[C@H]3O)ccc12. The first kappa shape index (κ1) is 21.9. The summed E-state index contributed by atoms with van der Waals surface area (Å²) < 4.78 is 40.4. The highest BCUT2D eigenvalue weighted by molar-refractivity contribution is 5.65. The van der Waals surface area contributed by atoms with Gasteiger partial charge in [0.1, 0.15) is 30.2 Å². The normalized spacial score (nSPS) is 33.9. The van der Waals surface area contributed by atoms with Crippen molar-refractivity contribution in [2.45, 2.75) is 42.8 Å². The van der Waals surface area contributed by atoms with Crippen molar-refractivity contribution in [1.82, 2.24) is 24.4 Å². The Balaban J connectivity index is 1.28. The summed E-state index contributed by atoms with van der Waals surface area (Å²) in [7, 11) is 0. The van der Waals surface area contributed by atoms with E-state index in [1.807, 2.05) is 0 Å². The van der Waals surface area contributed by atoms with E-state index in [1.165, 1.54) is 6.33 Å². The highest BCUT2D eigenvalue weighted by Crippen LogP contribution is 2.35. The molecule has 0 aliphatic carbocycles. The zero-order valence-corrected chi connectivity index (χ0v) is 17.6. The van der Waals surface area contributed by atoms with Crippen molar-refractivity contribution in [3.8, 4) is 0 Å². The second-order valence-electron chi connectivity index (χ2n) is 8.84. The van der Waals surface area contributed by atoms with Crippen molar-refractivity contribution >= 4 is 11.3 Å². The van der Waals surface area contributed by atoms with Crippen molar-refractivity contribution in [2.75, 3.05) is 51.7 Å². The summed E-state index contributed by atoms with van der Waals surface area (Å²) in [6.45, 7) is 2.47. The van der Waals surface area contributed by atoms with Crippen LogP contribution in [0.25, 0.3) is 5.52 Å². The van der Waals surface area contributed by atoms with Crippen LogP contribution in [0.1, 0.15) is 18.2 Å². The summed E-state index contributed by atoms with van der Waals surface area (Å²) in [6, 6.07) is 3.39. The number of likely N-dealkylation sites (tertiary alicyclic amines) is 1. The van der Waals surface area contributed by atoms with Crippen LogP contribution in [0.5, 0.6) is 0 Å². The van der Waals surface area contributed by atoms with Crippen molar-refractivity contribution in [2.24, 2.45) is 0 Å². The lowest BCUT2D eigenvalue weighted by atomic mass is 10.0. The molecule has 4 N–H and O–H groups in total. The van der Waals surface area contributed by atoms with Gasteiger partial charge in [0.15, 0.2) is 5.82 Å². The molecule has 0 unspecified atom stereocenters. The van der Waals surface area contributed by atoms with E-state index in [4.69, 9.17) is 15.2 Å². The smallest absolute Gasteiger partial charge is 0.261 e. The Bertz CT molecular complexity index is 961. The molecule has 176 valence electrons. The van der Waals surface area contributed by atoms with Crippen molar-refractivity contribution in [3.63, 3.8) is 0 Å². The minimum atomic E-state index is -2.64. The van der Waals surface area contributed by atoms with E-state index in [1.54, 1.807) is 21.5 Å². The van der Waals surface area contributed by atoms with E-state index in [0.717, 1.165) is 0 Å².